The van der Waals surface area contributed by atoms with Crippen molar-refractivity contribution in [3.05, 3.63) is 101 Å². The summed E-state index contributed by atoms with van der Waals surface area (Å²) in [5.41, 5.74) is 10.3. The molecule has 0 radical (unpaired) electrons. The Hall–Kier alpha value is -1.02. The molecule has 0 heterocycles. The third-order valence-corrected chi connectivity index (χ3v) is 11.3. The molecular formula is C37H48Cl2Hf-2. The number of allylic oxidation sites excluding steroid dienone is 6. The molecule has 4 aliphatic rings. The molecule has 0 aromatic heterocycles. The van der Waals surface area contributed by atoms with Gasteiger partial charge in [-0.15, -0.1) is 6.92 Å². The molecular weight excluding hydrogens is 694 g/mol. The molecule has 3 heteroatoms. The first kappa shape index (κ1) is 35.2. The minimum atomic E-state index is 0. The number of hydrogen-bond donors (Lipinski definition) is 0. The standard InChI is InChI=1S/C29H37.C5H5.C3H6.2ClH.Hf/c1-18-25-22-17-19-13-9-10-14-20(19)24(22)21-15-11-12-16-23(21)29(25,8)28(6,7)27(4,5)26(18,2)3;1-2-4-5-3-1;1-3-2;;;/h9-11,13-15,23H,12,16-17H2,1-8H3;1-5H;1-2H3;2*1H;/q2*-1;;;;+2/p-2. The Balaban J connectivity index is 0.000000441. The van der Waals surface area contributed by atoms with Gasteiger partial charge in [0.2, 0.25) is 0 Å². The molecule has 2 aromatic carbocycles. The smallest absolute Gasteiger partial charge is 0.172 e. The van der Waals surface area contributed by atoms with Crippen molar-refractivity contribution in [3.63, 3.8) is 0 Å². The molecule has 6 rings (SSSR count). The van der Waals surface area contributed by atoms with Crippen LogP contribution in [0.1, 0.15) is 93.2 Å². The summed E-state index contributed by atoms with van der Waals surface area (Å²) < 4.78 is 1.56. The molecule has 1 saturated carbocycles. The third kappa shape index (κ3) is 5.31. The largest absolute Gasteiger partial charge is 1.00 e. The van der Waals surface area contributed by atoms with Crippen molar-refractivity contribution in [2.24, 2.45) is 27.6 Å². The molecule has 1 fully saturated rings. The van der Waals surface area contributed by atoms with Crippen molar-refractivity contribution in [1.82, 2.24) is 0 Å². The maximum atomic E-state index is 2.62. The van der Waals surface area contributed by atoms with Gasteiger partial charge < -0.3 is 24.8 Å². The zero-order chi connectivity index (χ0) is 28.1. The molecule has 0 N–H and O–H groups in total. The van der Waals surface area contributed by atoms with E-state index in [0.29, 0.717) is 5.92 Å². The molecule has 216 valence electrons. The van der Waals surface area contributed by atoms with Crippen LogP contribution in [0.4, 0.5) is 0 Å². The normalized spacial score (nSPS) is 25.8. The molecule has 40 heavy (non-hydrogen) atoms. The summed E-state index contributed by atoms with van der Waals surface area (Å²) in [5, 5.41) is 0. The van der Waals surface area contributed by atoms with E-state index in [1.807, 2.05) is 30.3 Å². The van der Waals surface area contributed by atoms with Crippen LogP contribution >= 0.6 is 0 Å². The van der Waals surface area contributed by atoms with Gasteiger partial charge in [0.1, 0.15) is 0 Å². The van der Waals surface area contributed by atoms with E-state index in [0.717, 1.165) is 6.42 Å². The van der Waals surface area contributed by atoms with Gasteiger partial charge in [0, 0.05) is 0 Å². The molecule has 0 bridgehead atoms. The Morgan fingerprint density at radius 1 is 0.900 bits per heavy atom. The van der Waals surface area contributed by atoms with E-state index in [4.69, 9.17) is 0 Å². The Kier molecular flexibility index (Phi) is 11.2. The Morgan fingerprint density at radius 2 is 1.48 bits per heavy atom. The molecule has 2 aromatic rings. The first-order chi connectivity index (χ1) is 17.7. The van der Waals surface area contributed by atoms with E-state index >= 15 is 0 Å². The number of rotatable bonds is 0. The zero-order valence-corrected chi connectivity index (χ0v) is 31.4. The van der Waals surface area contributed by atoms with Crippen molar-refractivity contribution in [1.29, 1.82) is 0 Å². The van der Waals surface area contributed by atoms with Gasteiger partial charge in [-0.3, -0.25) is 0 Å². The van der Waals surface area contributed by atoms with Crippen LogP contribution in [-0.2, 0) is 30.3 Å². The van der Waals surface area contributed by atoms with Crippen LogP contribution in [0.25, 0.3) is 5.57 Å². The molecule has 4 aliphatic carbocycles. The average molecular weight is 742 g/mol. The molecule has 0 aliphatic heterocycles. The van der Waals surface area contributed by atoms with Crippen LogP contribution in [0.5, 0.6) is 0 Å². The monoisotopic (exact) mass is 742 g/mol. The van der Waals surface area contributed by atoms with Gasteiger partial charge in [0.05, 0.1) is 0 Å². The average Bonchev–Trinajstić information content (AvgIpc) is 3.54. The third-order valence-electron chi connectivity index (χ3n) is 11.3. The van der Waals surface area contributed by atoms with Crippen LogP contribution in [0.2, 0.25) is 0 Å². The number of benzene rings is 1. The molecule has 0 spiro atoms. The summed E-state index contributed by atoms with van der Waals surface area (Å²) in [6.07, 6.45) is 8.50. The maximum absolute atomic E-state index is 2.62. The quantitative estimate of drug-likeness (QED) is 0.282. The zero-order valence-electron chi connectivity index (χ0n) is 26.3. The van der Waals surface area contributed by atoms with Crippen molar-refractivity contribution in [2.75, 3.05) is 0 Å². The van der Waals surface area contributed by atoms with Crippen LogP contribution in [0, 0.1) is 33.5 Å². The second kappa shape index (κ2) is 12.7. The van der Waals surface area contributed by atoms with Crippen molar-refractivity contribution < 1.29 is 48.7 Å². The fraction of sp³-hybridized carbons (Fsp3) is 0.486. The fourth-order valence-corrected chi connectivity index (χ4v) is 7.89. The molecule has 0 amide bonds. The topological polar surface area (TPSA) is 0 Å². The van der Waals surface area contributed by atoms with Gasteiger partial charge in [0.25, 0.3) is 0 Å². The first-order valence-electron chi connectivity index (χ1n) is 14.5. The van der Waals surface area contributed by atoms with Crippen LogP contribution < -0.4 is 24.8 Å². The van der Waals surface area contributed by atoms with Gasteiger partial charge in [-0.05, 0) is 40.6 Å². The summed E-state index contributed by atoms with van der Waals surface area (Å²) in [4.78, 5) is 0. The van der Waals surface area contributed by atoms with E-state index in [-0.39, 0.29) is 46.5 Å². The van der Waals surface area contributed by atoms with Gasteiger partial charge in [0.15, 0.2) is 0 Å². The Morgan fingerprint density at radius 3 is 2.02 bits per heavy atom. The number of hydrogen-bond acceptors (Lipinski definition) is 0. The van der Waals surface area contributed by atoms with E-state index in [1.165, 1.54) is 47.9 Å². The van der Waals surface area contributed by atoms with Crippen molar-refractivity contribution in [3.8, 4) is 0 Å². The Labute approximate surface area is 272 Å². The summed E-state index contributed by atoms with van der Waals surface area (Å²) in [7, 11) is 0. The van der Waals surface area contributed by atoms with Crippen molar-refractivity contribution in [2.45, 2.75) is 88.5 Å². The van der Waals surface area contributed by atoms with Gasteiger partial charge in [-0.2, -0.15) is 29.3 Å². The van der Waals surface area contributed by atoms with Gasteiger partial charge in [-0.1, -0.05) is 113 Å². The SMILES string of the molecule is C[C-]1C2=C3Cc4ccccc4C3=C3C=CCCC3C2(C)C(C)(C)C(C)(C)C1(C)C.C[C](C)=[Hf+2].[Cl-].[Cl-].c1cc[cH-]c1. The van der Waals surface area contributed by atoms with E-state index in [1.54, 1.807) is 31.5 Å². The maximum Gasteiger partial charge on any atom is -0.172 e. The first-order valence-corrected chi connectivity index (χ1v) is 16.3. The van der Waals surface area contributed by atoms with E-state index < -0.39 is 0 Å². The summed E-state index contributed by atoms with van der Waals surface area (Å²) in [6, 6.07) is 19.2. The van der Waals surface area contributed by atoms with Crippen LogP contribution in [0.3, 0.4) is 0 Å². The predicted molar refractivity (Wildman–Crippen MR) is 163 cm³/mol. The molecule has 0 saturated heterocycles. The molecule has 0 nitrogen and oxygen atoms in total. The van der Waals surface area contributed by atoms with Crippen LogP contribution in [-0.4, -0.2) is 3.26 Å². The second-order valence-electron chi connectivity index (χ2n) is 13.7. The van der Waals surface area contributed by atoms with E-state index in [9.17, 15) is 0 Å². The predicted octanol–water partition coefficient (Wildman–Crippen LogP) is 4.12. The minimum absolute atomic E-state index is 0. The molecule has 2 unspecified atom stereocenters. The Bertz CT molecular complexity index is 1260. The summed E-state index contributed by atoms with van der Waals surface area (Å²) in [6.45, 7) is 24.6. The van der Waals surface area contributed by atoms with Crippen LogP contribution in [0.15, 0.2) is 83.5 Å². The summed E-state index contributed by atoms with van der Waals surface area (Å²) in [5.74, 6) is 2.24. The minimum Gasteiger partial charge on any atom is -1.00 e. The summed E-state index contributed by atoms with van der Waals surface area (Å²) >= 11 is 1.27. The number of halogens is 2. The van der Waals surface area contributed by atoms with E-state index in [2.05, 4.69) is 106 Å². The van der Waals surface area contributed by atoms with Gasteiger partial charge in [-0.25, -0.2) is 18.1 Å². The second-order valence-corrected chi connectivity index (χ2v) is 17.3. The number of fused-ring (bicyclic) bond motifs is 6. The molecule has 2 atom stereocenters. The van der Waals surface area contributed by atoms with Gasteiger partial charge >= 0.3 is 41.0 Å². The van der Waals surface area contributed by atoms with Crippen molar-refractivity contribution >= 4 is 8.83 Å². The fourth-order valence-electron chi connectivity index (χ4n) is 7.89.